The fraction of sp³-hybridized carbons (Fsp3) is 0.333. The standard InChI is InChI=1S/C9H13N3O/c1-4-5-10-9(13)8-6-11-12(3)7(8)2/h4,6H,1,5H2,2-3H3,(H,10,13). The third-order valence-corrected chi connectivity index (χ3v) is 1.89. The molecule has 0 spiro atoms. The average molecular weight is 179 g/mol. The maximum Gasteiger partial charge on any atom is 0.254 e. The zero-order chi connectivity index (χ0) is 9.84. The minimum absolute atomic E-state index is 0.106. The van der Waals surface area contributed by atoms with E-state index in [-0.39, 0.29) is 5.91 Å². The van der Waals surface area contributed by atoms with Crippen LogP contribution in [0.2, 0.25) is 0 Å². The summed E-state index contributed by atoms with van der Waals surface area (Å²) in [5, 5.41) is 6.67. The van der Waals surface area contributed by atoms with E-state index in [0.29, 0.717) is 12.1 Å². The molecule has 0 bridgehead atoms. The lowest BCUT2D eigenvalue weighted by Gasteiger charge is -2.00. The average Bonchev–Trinajstić information content (AvgIpc) is 2.44. The lowest BCUT2D eigenvalue weighted by Crippen LogP contribution is -2.23. The first-order valence-electron chi connectivity index (χ1n) is 4.04. The van der Waals surface area contributed by atoms with Crippen LogP contribution >= 0.6 is 0 Å². The molecule has 1 heterocycles. The fourth-order valence-electron chi connectivity index (χ4n) is 0.982. The van der Waals surface area contributed by atoms with Gasteiger partial charge in [-0.2, -0.15) is 5.10 Å². The number of hydrogen-bond donors (Lipinski definition) is 1. The molecule has 0 unspecified atom stereocenters. The van der Waals surface area contributed by atoms with Crippen LogP contribution in [0.3, 0.4) is 0 Å². The van der Waals surface area contributed by atoms with Crippen LogP contribution in [0.25, 0.3) is 0 Å². The van der Waals surface area contributed by atoms with Crippen molar-refractivity contribution >= 4 is 5.91 Å². The topological polar surface area (TPSA) is 46.9 Å². The van der Waals surface area contributed by atoms with Crippen LogP contribution in [0.5, 0.6) is 0 Å². The Morgan fingerprint density at radius 3 is 3.00 bits per heavy atom. The van der Waals surface area contributed by atoms with E-state index in [4.69, 9.17) is 0 Å². The first-order chi connectivity index (χ1) is 6.16. The Morgan fingerprint density at radius 2 is 2.54 bits per heavy atom. The third kappa shape index (κ3) is 1.96. The molecule has 4 nitrogen and oxygen atoms in total. The van der Waals surface area contributed by atoms with Crippen LogP contribution in [0, 0.1) is 6.92 Å². The summed E-state index contributed by atoms with van der Waals surface area (Å²) in [5.41, 5.74) is 1.48. The van der Waals surface area contributed by atoms with Gasteiger partial charge in [0.15, 0.2) is 0 Å². The van der Waals surface area contributed by atoms with E-state index in [0.717, 1.165) is 5.69 Å². The molecule has 0 aromatic carbocycles. The first-order valence-corrected chi connectivity index (χ1v) is 4.04. The van der Waals surface area contributed by atoms with Crippen molar-refractivity contribution in [2.45, 2.75) is 6.92 Å². The Morgan fingerprint density at radius 1 is 1.85 bits per heavy atom. The summed E-state index contributed by atoms with van der Waals surface area (Å²) in [6.07, 6.45) is 3.21. The second-order valence-corrected chi connectivity index (χ2v) is 2.77. The number of nitrogens with one attached hydrogen (secondary N) is 1. The molecule has 4 heteroatoms. The Kier molecular flexibility index (Phi) is 2.84. The number of carbonyl (C=O) groups is 1. The van der Waals surface area contributed by atoms with Gasteiger partial charge in [0.05, 0.1) is 11.8 Å². The quantitative estimate of drug-likeness (QED) is 0.692. The van der Waals surface area contributed by atoms with Crippen LogP contribution in [-0.4, -0.2) is 22.2 Å². The summed E-state index contributed by atoms with van der Waals surface area (Å²) in [4.78, 5) is 11.4. The first kappa shape index (κ1) is 9.51. The van der Waals surface area contributed by atoms with Crippen molar-refractivity contribution in [3.8, 4) is 0 Å². The minimum Gasteiger partial charge on any atom is -0.348 e. The van der Waals surface area contributed by atoms with E-state index < -0.39 is 0 Å². The van der Waals surface area contributed by atoms with E-state index in [9.17, 15) is 4.79 Å². The molecule has 1 amide bonds. The highest BCUT2D eigenvalue weighted by molar-refractivity contribution is 5.95. The van der Waals surface area contributed by atoms with E-state index in [1.807, 2.05) is 6.92 Å². The van der Waals surface area contributed by atoms with Gasteiger partial charge in [-0.05, 0) is 6.92 Å². The highest BCUT2D eigenvalue weighted by Gasteiger charge is 2.10. The molecule has 1 N–H and O–H groups in total. The Bertz CT molecular complexity index is 328. The molecule has 1 aromatic heterocycles. The minimum atomic E-state index is -0.106. The van der Waals surface area contributed by atoms with Crippen molar-refractivity contribution in [1.29, 1.82) is 0 Å². The molecule has 0 saturated carbocycles. The SMILES string of the molecule is C=CCNC(=O)c1cnn(C)c1C. The molecule has 0 radical (unpaired) electrons. The number of hydrogen-bond acceptors (Lipinski definition) is 2. The highest BCUT2D eigenvalue weighted by Crippen LogP contribution is 2.04. The van der Waals surface area contributed by atoms with E-state index >= 15 is 0 Å². The number of aromatic nitrogens is 2. The van der Waals surface area contributed by atoms with E-state index in [2.05, 4.69) is 17.0 Å². The molecule has 1 rings (SSSR count). The van der Waals surface area contributed by atoms with Gasteiger partial charge in [-0.3, -0.25) is 9.48 Å². The summed E-state index contributed by atoms with van der Waals surface area (Å²) < 4.78 is 1.67. The number of aryl methyl sites for hydroxylation is 1. The molecule has 70 valence electrons. The van der Waals surface area contributed by atoms with Crippen LogP contribution in [0.1, 0.15) is 16.1 Å². The molecule has 0 aliphatic rings. The summed E-state index contributed by atoms with van der Waals surface area (Å²) in [5.74, 6) is -0.106. The molecule has 0 fully saturated rings. The van der Waals surface area contributed by atoms with Gasteiger partial charge in [-0.1, -0.05) is 6.08 Å². The van der Waals surface area contributed by atoms with Crippen molar-refractivity contribution in [2.24, 2.45) is 7.05 Å². The van der Waals surface area contributed by atoms with Gasteiger partial charge in [0.2, 0.25) is 0 Å². The van der Waals surface area contributed by atoms with Crippen LogP contribution in [0.4, 0.5) is 0 Å². The monoisotopic (exact) mass is 179 g/mol. The molecule has 0 aliphatic carbocycles. The normalized spacial score (nSPS) is 9.69. The van der Waals surface area contributed by atoms with Crippen molar-refractivity contribution in [1.82, 2.24) is 15.1 Å². The fourth-order valence-corrected chi connectivity index (χ4v) is 0.982. The Balaban J connectivity index is 2.77. The van der Waals surface area contributed by atoms with Crippen molar-refractivity contribution < 1.29 is 4.79 Å². The molecule has 1 aromatic rings. The Labute approximate surface area is 77.3 Å². The number of nitrogens with zero attached hydrogens (tertiary/aromatic N) is 2. The molecule has 0 atom stereocenters. The second kappa shape index (κ2) is 3.89. The van der Waals surface area contributed by atoms with E-state index in [1.165, 1.54) is 0 Å². The van der Waals surface area contributed by atoms with Crippen molar-refractivity contribution in [3.05, 3.63) is 30.1 Å². The largest absolute Gasteiger partial charge is 0.348 e. The highest BCUT2D eigenvalue weighted by atomic mass is 16.1. The molecular weight excluding hydrogens is 166 g/mol. The lowest BCUT2D eigenvalue weighted by atomic mass is 10.2. The molecule has 0 aliphatic heterocycles. The van der Waals surface area contributed by atoms with Gasteiger partial charge < -0.3 is 5.32 Å². The number of rotatable bonds is 3. The van der Waals surface area contributed by atoms with Crippen LogP contribution in [-0.2, 0) is 7.05 Å². The van der Waals surface area contributed by atoms with Gasteiger partial charge in [0.1, 0.15) is 0 Å². The maximum atomic E-state index is 11.4. The van der Waals surface area contributed by atoms with Crippen molar-refractivity contribution in [3.63, 3.8) is 0 Å². The smallest absolute Gasteiger partial charge is 0.254 e. The zero-order valence-electron chi connectivity index (χ0n) is 7.87. The van der Waals surface area contributed by atoms with Crippen molar-refractivity contribution in [2.75, 3.05) is 6.54 Å². The molecular formula is C9H13N3O. The van der Waals surface area contributed by atoms with Gasteiger partial charge in [0.25, 0.3) is 5.91 Å². The predicted octanol–water partition coefficient (Wildman–Crippen LogP) is 0.644. The lowest BCUT2D eigenvalue weighted by molar-refractivity contribution is 0.0957. The third-order valence-electron chi connectivity index (χ3n) is 1.89. The summed E-state index contributed by atoms with van der Waals surface area (Å²) >= 11 is 0. The van der Waals surface area contributed by atoms with Gasteiger partial charge in [-0.15, -0.1) is 6.58 Å². The van der Waals surface area contributed by atoms with Gasteiger partial charge in [-0.25, -0.2) is 0 Å². The summed E-state index contributed by atoms with van der Waals surface area (Å²) in [6.45, 7) is 5.85. The zero-order valence-corrected chi connectivity index (χ0v) is 7.87. The van der Waals surface area contributed by atoms with Gasteiger partial charge >= 0.3 is 0 Å². The molecule has 13 heavy (non-hydrogen) atoms. The molecule has 0 saturated heterocycles. The van der Waals surface area contributed by atoms with E-state index in [1.54, 1.807) is 24.0 Å². The van der Waals surface area contributed by atoms with Crippen LogP contribution < -0.4 is 5.32 Å². The number of carbonyl (C=O) groups excluding carboxylic acids is 1. The second-order valence-electron chi connectivity index (χ2n) is 2.77. The number of amides is 1. The maximum absolute atomic E-state index is 11.4. The van der Waals surface area contributed by atoms with Gasteiger partial charge in [0, 0.05) is 19.3 Å². The predicted molar refractivity (Wildman–Crippen MR) is 50.5 cm³/mol. The Hall–Kier alpha value is -1.58. The summed E-state index contributed by atoms with van der Waals surface area (Å²) in [7, 11) is 1.81. The van der Waals surface area contributed by atoms with Crippen LogP contribution in [0.15, 0.2) is 18.9 Å². The summed E-state index contributed by atoms with van der Waals surface area (Å²) in [6, 6.07) is 0.